The highest BCUT2D eigenvalue weighted by Gasteiger charge is 2.04. The summed E-state index contributed by atoms with van der Waals surface area (Å²) in [6.45, 7) is 16.7. The summed E-state index contributed by atoms with van der Waals surface area (Å²) in [5, 5.41) is 13.7. The van der Waals surface area contributed by atoms with Crippen molar-refractivity contribution in [2.24, 2.45) is 11.5 Å². The van der Waals surface area contributed by atoms with Crippen LogP contribution in [0.2, 0.25) is 0 Å². The lowest BCUT2D eigenvalue weighted by Crippen LogP contribution is -2.25. The van der Waals surface area contributed by atoms with Gasteiger partial charge in [0.05, 0.1) is 12.4 Å². The van der Waals surface area contributed by atoms with Crippen molar-refractivity contribution >= 4 is 0 Å². The van der Waals surface area contributed by atoms with E-state index in [2.05, 4.69) is 54.3 Å². The summed E-state index contributed by atoms with van der Waals surface area (Å²) in [5.74, 6) is 0. The third kappa shape index (κ3) is 15.2. The van der Waals surface area contributed by atoms with Gasteiger partial charge in [-0.2, -0.15) is 10.2 Å². The molecule has 4 aromatic rings. The maximum absolute atomic E-state index is 10.7. The lowest BCUT2D eigenvalue weighted by molar-refractivity contribution is 0.335. The summed E-state index contributed by atoms with van der Waals surface area (Å²) < 4.78 is 0. The number of nitrogens with two attached hydrogens (primary N) is 2. The molecule has 42 heavy (non-hydrogen) atoms. The quantitative estimate of drug-likeness (QED) is 0.183. The molecule has 4 rings (SSSR count). The molecule has 12 heteroatoms. The number of pyridine rings is 2. The van der Waals surface area contributed by atoms with E-state index >= 15 is 0 Å². The number of nitrogens with one attached hydrogen (secondary N) is 4. The minimum absolute atomic E-state index is 0.0208. The van der Waals surface area contributed by atoms with E-state index in [0.717, 1.165) is 60.1 Å². The van der Waals surface area contributed by atoms with Gasteiger partial charge in [-0.15, -0.1) is 0 Å². The van der Waals surface area contributed by atoms with Crippen LogP contribution < -0.4 is 22.6 Å². The van der Waals surface area contributed by atoms with Gasteiger partial charge in [0.25, 0.3) is 0 Å². The Morgan fingerprint density at radius 3 is 1.24 bits per heavy atom. The molecule has 4 heterocycles. The number of aryl methyl sites for hydroxylation is 6. The zero-order valence-corrected chi connectivity index (χ0v) is 26.5. The number of hydrogen-bond donors (Lipinski definition) is 6. The molecule has 0 unspecified atom stereocenters. The van der Waals surface area contributed by atoms with Gasteiger partial charge in [0.15, 0.2) is 0 Å². The molecule has 0 aliphatic heterocycles. The molecule has 0 aliphatic rings. The van der Waals surface area contributed by atoms with Crippen LogP contribution in [-0.4, -0.2) is 80.4 Å². The fourth-order valence-corrected chi connectivity index (χ4v) is 3.96. The maximum Gasteiger partial charge on any atom is 0.248 e. The van der Waals surface area contributed by atoms with E-state index in [1.165, 1.54) is 11.1 Å². The summed E-state index contributed by atoms with van der Waals surface area (Å²) in [6, 6.07) is 7.02. The van der Waals surface area contributed by atoms with Crippen molar-refractivity contribution in [3.8, 4) is 0 Å². The molecule has 0 saturated heterocycles. The van der Waals surface area contributed by atoms with Gasteiger partial charge in [-0.1, -0.05) is 0 Å². The number of H-pyrrole nitrogens is 4. The molecule has 0 radical (unpaired) electrons. The highest BCUT2D eigenvalue weighted by Crippen LogP contribution is 2.05. The van der Waals surface area contributed by atoms with Crippen molar-refractivity contribution in [3.05, 3.63) is 102 Å². The summed E-state index contributed by atoms with van der Waals surface area (Å²) in [6.07, 6.45) is 3.73. The van der Waals surface area contributed by atoms with E-state index in [0.29, 0.717) is 13.1 Å². The van der Waals surface area contributed by atoms with Gasteiger partial charge in [-0.05, 0) is 78.9 Å². The molecule has 0 saturated carbocycles. The smallest absolute Gasteiger partial charge is 0.248 e. The van der Waals surface area contributed by atoms with E-state index in [4.69, 9.17) is 11.5 Å². The van der Waals surface area contributed by atoms with Crippen molar-refractivity contribution in [3.63, 3.8) is 0 Å². The van der Waals surface area contributed by atoms with Crippen molar-refractivity contribution in [1.29, 1.82) is 0 Å². The summed E-state index contributed by atoms with van der Waals surface area (Å²) in [5.41, 5.74) is 19.4. The Morgan fingerprint density at radius 1 is 0.643 bits per heavy atom. The lowest BCUT2D eigenvalue weighted by atomic mass is 10.2. The van der Waals surface area contributed by atoms with Crippen LogP contribution in [0.5, 0.6) is 0 Å². The number of nitrogens with zero attached hydrogens (tertiary/aromatic N) is 4. The normalized spacial score (nSPS) is 10.4. The van der Waals surface area contributed by atoms with Gasteiger partial charge in [-0.25, -0.2) is 0 Å². The minimum atomic E-state index is -0.0208. The maximum atomic E-state index is 10.7. The lowest BCUT2D eigenvalue weighted by Gasteiger charge is -2.14. The zero-order valence-electron chi connectivity index (χ0n) is 26.5. The molecule has 0 fully saturated rings. The van der Waals surface area contributed by atoms with Crippen LogP contribution in [0.3, 0.4) is 0 Å². The first-order chi connectivity index (χ1) is 19.8. The molecule has 0 atom stereocenters. The second kappa shape index (κ2) is 19.3. The molecule has 0 aliphatic carbocycles. The van der Waals surface area contributed by atoms with Crippen LogP contribution in [0.4, 0.5) is 0 Å². The number of likely N-dealkylation sites (N-methyl/N-ethyl adjacent to an activating group) is 2. The molecule has 4 aromatic heterocycles. The highest BCUT2D eigenvalue weighted by atomic mass is 16.1. The van der Waals surface area contributed by atoms with E-state index in [1.807, 2.05) is 66.1 Å². The van der Waals surface area contributed by atoms with Crippen molar-refractivity contribution in [2.75, 3.05) is 40.3 Å². The number of rotatable bonds is 8. The predicted molar refractivity (Wildman–Crippen MR) is 170 cm³/mol. The average molecular weight is 583 g/mol. The Morgan fingerprint density at radius 2 is 1.00 bits per heavy atom. The van der Waals surface area contributed by atoms with Gasteiger partial charge in [0.2, 0.25) is 11.1 Å². The first kappa shape index (κ1) is 36.2. The summed E-state index contributed by atoms with van der Waals surface area (Å²) >= 11 is 0. The zero-order chi connectivity index (χ0) is 31.7. The fourth-order valence-electron chi connectivity index (χ4n) is 3.96. The second-order valence-corrected chi connectivity index (χ2v) is 10.5. The molecule has 0 aromatic carbocycles. The molecule has 8 N–H and O–H groups in total. The van der Waals surface area contributed by atoms with E-state index in [9.17, 15) is 9.59 Å². The Kier molecular flexibility index (Phi) is 16.6. The fraction of sp³-hybridized carbons (Fsp3) is 0.467. The second-order valence-electron chi connectivity index (χ2n) is 10.5. The number of aromatic nitrogens is 6. The van der Waals surface area contributed by atoms with Crippen molar-refractivity contribution in [2.45, 2.75) is 54.6 Å². The van der Waals surface area contributed by atoms with Gasteiger partial charge >= 0.3 is 0 Å². The highest BCUT2D eigenvalue weighted by molar-refractivity contribution is 5.15. The Bertz CT molecular complexity index is 1270. The van der Waals surface area contributed by atoms with Crippen LogP contribution in [0.1, 0.15) is 45.0 Å². The standard InChI is InChI=1S/2C8H16N4.2C7H9NO/c2*1-7-8(5-10-11-7)6-12(2)4-3-9;2*1-5-3-6(2)8-7(9)4-5/h2*5H,3-4,6,9H2,1-2H3,(H,10,11);2*3-4H,1-2H3,(H,8,9). The largest absolute Gasteiger partial charge is 0.329 e. The molecule has 232 valence electrons. The summed E-state index contributed by atoms with van der Waals surface area (Å²) in [7, 11) is 4.11. The van der Waals surface area contributed by atoms with Gasteiger partial charge < -0.3 is 31.2 Å². The predicted octanol–water partition coefficient (Wildman–Crippen LogP) is 2.20. The summed E-state index contributed by atoms with van der Waals surface area (Å²) in [4.78, 5) is 31.0. The molecule has 0 bridgehead atoms. The number of hydrogen-bond acceptors (Lipinski definition) is 8. The third-order valence-electron chi connectivity index (χ3n) is 6.02. The molecular weight excluding hydrogens is 532 g/mol. The first-order valence-electron chi connectivity index (χ1n) is 13.9. The van der Waals surface area contributed by atoms with E-state index in [1.54, 1.807) is 12.1 Å². The molecular formula is C30H50N10O2. The topological polar surface area (TPSA) is 182 Å². The van der Waals surface area contributed by atoms with E-state index < -0.39 is 0 Å². The van der Waals surface area contributed by atoms with Crippen LogP contribution in [0, 0.1) is 41.5 Å². The van der Waals surface area contributed by atoms with Crippen molar-refractivity contribution < 1.29 is 0 Å². The van der Waals surface area contributed by atoms with Gasteiger partial charge in [-0.3, -0.25) is 19.8 Å². The molecule has 12 nitrogen and oxygen atoms in total. The SMILES string of the molecule is Cc1[nH]ncc1CN(C)CCN.Cc1[nH]ncc1CN(C)CCN.Cc1cc(C)[nH]c(=O)c1.Cc1cc(C)[nH]c(=O)c1. The molecule has 0 spiro atoms. The van der Waals surface area contributed by atoms with Crippen molar-refractivity contribution in [1.82, 2.24) is 40.2 Å². The molecule has 0 amide bonds. The van der Waals surface area contributed by atoms with E-state index in [-0.39, 0.29) is 11.1 Å². The first-order valence-corrected chi connectivity index (χ1v) is 13.9. The van der Waals surface area contributed by atoms with Gasteiger partial charge in [0, 0.05) is 85.3 Å². The van der Waals surface area contributed by atoms with Gasteiger partial charge in [0.1, 0.15) is 0 Å². The number of aromatic amines is 4. The Balaban J connectivity index is 0.000000283. The van der Waals surface area contributed by atoms with Crippen LogP contribution in [-0.2, 0) is 13.1 Å². The average Bonchev–Trinajstić information content (AvgIpc) is 3.46. The van der Waals surface area contributed by atoms with Crippen LogP contribution >= 0.6 is 0 Å². The van der Waals surface area contributed by atoms with Crippen LogP contribution in [0.25, 0.3) is 0 Å². The minimum Gasteiger partial charge on any atom is -0.329 e. The van der Waals surface area contributed by atoms with Crippen LogP contribution in [0.15, 0.2) is 46.2 Å². The third-order valence-corrected chi connectivity index (χ3v) is 6.02. The Hall–Kier alpha value is -3.84. The monoisotopic (exact) mass is 582 g/mol. The Labute approximate surface area is 248 Å².